The molecule has 9 heteroatoms. The maximum Gasteiger partial charge on any atom is 0.341 e. The molecule has 2 amide bonds. The molecular formula is C18H20FN3O4S. The number of benzene rings is 1. The van der Waals surface area contributed by atoms with E-state index in [4.69, 9.17) is 4.74 Å². The van der Waals surface area contributed by atoms with Crippen LogP contribution < -0.4 is 16.0 Å². The number of amides is 2. The van der Waals surface area contributed by atoms with Crippen molar-refractivity contribution in [3.05, 3.63) is 46.1 Å². The summed E-state index contributed by atoms with van der Waals surface area (Å²) in [6, 6.07) is 5.96. The van der Waals surface area contributed by atoms with Gasteiger partial charge in [0.25, 0.3) is 5.91 Å². The maximum atomic E-state index is 13.6. The van der Waals surface area contributed by atoms with Gasteiger partial charge in [0.2, 0.25) is 5.91 Å². The van der Waals surface area contributed by atoms with Crippen molar-refractivity contribution in [3.8, 4) is 0 Å². The SMILES string of the molecule is CCOC(=O)c1c(NC(=O)CNc2ccccc2F)sc(C(=O)NC)c1C. The first-order valence-electron chi connectivity index (χ1n) is 8.19. The molecule has 0 aliphatic heterocycles. The van der Waals surface area contributed by atoms with Gasteiger partial charge in [0.05, 0.1) is 29.3 Å². The monoisotopic (exact) mass is 393 g/mol. The molecule has 0 radical (unpaired) electrons. The van der Waals surface area contributed by atoms with Crippen molar-refractivity contribution in [3.63, 3.8) is 0 Å². The third kappa shape index (κ3) is 4.82. The van der Waals surface area contributed by atoms with Crippen LogP contribution in [0.1, 0.15) is 32.5 Å². The fourth-order valence-corrected chi connectivity index (χ4v) is 3.49. The van der Waals surface area contributed by atoms with E-state index in [1.807, 2.05) is 0 Å². The Kier molecular flexibility index (Phi) is 6.89. The summed E-state index contributed by atoms with van der Waals surface area (Å²) in [4.78, 5) is 36.8. The highest BCUT2D eigenvalue weighted by molar-refractivity contribution is 7.18. The van der Waals surface area contributed by atoms with E-state index in [0.717, 1.165) is 11.3 Å². The largest absolute Gasteiger partial charge is 0.462 e. The van der Waals surface area contributed by atoms with Gasteiger partial charge in [-0.25, -0.2) is 9.18 Å². The number of carbonyl (C=O) groups is 3. The maximum absolute atomic E-state index is 13.6. The van der Waals surface area contributed by atoms with Crippen molar-refractivity contribution in [2.75, 3.05) is 30.8 Å². The van der Waals surface area contributed by atoms with Crippen molar-refractivity contribution >= 4 is 39.8 Å². The molecule has 1 aromatic carbocycles. The van der Waals surface area contributed by atoms with Crippen LogP contribution in [-0.2, 0) is 9.53 Å². The van der Waals surface area contributed by atoms with Crippen LogP contribution in [0.5, 0.6) is 0 Å². The van der Waals surface area contributed by atoms with E-state index in [1.165, 1.54) is 19.2 Å². The fraction of sp³-hybridized carbons (Fsp3) is 0.278. The standard InChI is InChI=1S/C18H20FN3O4S/c1-4-26-18(25)14-10(2)15(16(24)20-3)27-17(14)22-13(23)9-21-12-8-6-5-7-11(12)19/h5-8,21H,4,9H2,1-3H3,(H,20,24)(H,22,23). The molecule has 2 rings (SSSR count). The normalized spacial score (nSPS) is 10.2. The molecule has 0 unspecified atom stereocenters. The third-order valence-corrected chi connectivity index (χ3v) is 4.83. The Morgan fingerprint density at radius 3 is 2.56 bits per heavy atom. The van der Waals surface area contributed by atoms with E-state index < -0.39 is 17.7 Å². The molecule has 0 bridgehead atoms. The minimum Gasteiger partial charge on any atom is -0.462 e. The van der Waals surface area contributed by atoms with Gasteiger partial charge in [-0.05, 0) is 31.5 Å². The zero-order chi connectivity index (χ0) is 20.0. The summed E-state index contributed by atoms with van der Waals surface area (Å²) in [6.07, 6.45) is 0. The zero-order valence-electron chi connectivity index (χ0n) is 15.1. The highest BCUT2D eigenvalue weighted by Crippen LogP contribution is 2.33. The lowest BCUT2D eigenvalue weighted by Gasteiger charge is -2.09. The minimum absolute atomic E-state index is 0.139. The molecule has 27 heavy (non-hydrogen) atoms. The summed E-state index contributed by atoms with van der Waals surface area (Å²) in [5, 5.41) is 7.98. The van der Waals surface area contributed by atoms with Crippen LogP contribution in [0, 0.1) is 12.7 Å². The number of hydrogen-bond donors (Lipinski definition) is 3. The Balaban J connectivity index is 2.20. The molecular weight excluding hydrogens is 373 g/mol. The molecule has 0 atom stereocenters. The smallest absolute Gasteiger partial charge is 0.341 e. The Morgan fingerprint density at radius 2 is 1.93 bits per heavy atom. The van der Waals surface area contributed by atoms with E-state index in [-0.39, 0.29) is 35.3 Å². The number of nitrogens with one attached hydrogen (secondary N) is 3. The fourth-order valence-electron chi connectivity index (χ4n) is 2.33. The van der Waals surface area contributed by atoms with Gasteiger partial charge in [-0.15, -0.1) is 11.3 Å². The zero-order valence-corrected chi connectivity index (χ0v) is 16.0. The predicted octanol–water partition coefficient (Wildman–Crippen LogP) is 2.78. The topological polar surface area (TPSA) is 96.5 Å². The van der Waals surface area contributed by atoms with Crippen molar-refractivity contribution in [2.45, 2.75) is 13.8 Å². The average molecular weight is 393 g/mol. The predicted molar refractivity (Wildman–Crippen MR) is 102 cm³/mol. The number of ether oxygens (including phenoxy) is 1. The lowest BCUT2D eigenvalue weighted by molar-refractivity contribution is -0.114. The summed E-state index contributed by atoms with van der Waals surface area (Å²) in [5.74, 6) is -1.97. The van der Waals surface area contributed by atoms with Crippen LogP contribution in [0.4, 0.5) is 15.1 Å². The van der Waals surface area contributed by atoms with Gasteiger partial charge in [-0.1, -0.05) is 12.1 Å². The Hall–Kier alpha value is -2.94. The first kappa shape index (κ1) is 20.4. The second-order valence-electron chi connectivity index (χ2n) is 5.44. The van der Waals surface area contributed by atoms with Gasteiger partial charge in [0.15, 0.2) is 0 Å². The number of esters is 1. The van der Waals surface area contributed by atoms with E-state index in [1.54, 1.807) is 26.0 Å². The molecule has 7 nitrogen and oxygen atoms in total. The molecule has 3 N–H and O–H groups in total. The van der Waals surface area contributed by atoms with Gasteiger partial charge in [-0.2, -0.15) is 0 Å². The van der Waals surface area contributed by atoms with Crippen LogP contribution >= 0.6 is 11.3 Å². The van der Waals surface area contributed by atoms with Gasteiger partial charge >= 0.3 is 5.97 Å². The molecule has 144 valence electrons. The number of carbonyl (C=O) groups excluding carboxylic acids is 3. The van der Waals surface area contributed by atoms with Crippen molar-refractivity contribution in [2.24, 2.45) is 0 Å². The van der Waals surface area contributed by atoms with Crippen LogP contribution in [0.3, 0.4) is 0 Å². The van der Waals surface area contributed by atoms with Crippen LogP contribution in [0.2, 0.25) is 0 Å². The highest BCUT2D eigenvalue weighted by atomic mass is 32.1. The quantitative estimate of drug-likeness (QED) is 0.629. The molecule has 1 aromatic heterocycles. The molecule has 2 aromatic rings. The number of thiophene rings is 1. The summed E-state index contributed by atoms with van der Waals surface area (Å²) in [5.41, 5.74) is 0.751. The van der Waals surface area contributed by atoms with Gasteiger partial charge < -0.3 is 20.7 Å². The summed E-state index contributed by atoms with van der Waals surface area (Å²) < 4.78 is 18.6. The van der Waals surface area contributed by atoms with Crippen molar-refractivity contribution < 1.29 is 23.5 Å². The second kappa shape index (κ2) is 9.13. The minimum atomic E-state index is -0.626. The van der Waals surface area contributed by atoms with Crippen LogP contribution in [0.15, 0.2) is 24.3 Å². The Morgan fingerprint density at radius 1 is 1.22 bits per heavy atom. The Bertz CT molecular complexity index is 866. The van der Waals surface area contributed by atoms with Crippen LogP contribution in [0.25, 0.3) is 0 Å². The number of para-hydroxylation sites is 1. The molecule has 0 aliphatic carbocycles. The summed E-state index contributed by atoms with van der Waals surface area (Å²) >= 11 is 0.979. The average Bonchev–Trinajstić information content (AvgIpc) is 2.96. The number of halogens is 1. The number of anilines is 2. The molecule has 1 heterocycles. The van der Waals surface area contributed by atoms with Crippen LogP contribution in [-0.4, -0.2) is 38.0 Å². The van der Waals surface area contributed by atoms with E-state index in [0.29, 0.717) is 10.4 Å². The number of rotatable bonds is 7. The first-order chi connectivity index (χ1) is 12.9. The Labute approximate surface area is 159 Å². The summed E-state index contributed by atoms with van der Waals surface area (Å²) in [6.45, 7) is 3.22. The van der Waals surface area contributed by atoms with E-state index in [9.17, 15) is 18.8 Å². The molecule has 0 aliphatic rings. The lowest BCUT2D eigenvalue weighted by Crippen LogP contribution is -2.23. The number of hydrogen-bond acceptors (Lipinski definition) is 6. The highest BCUT2D eigenvalue weighted by Gasteiger charge is 2.26. The molecule has 0 saturated carbocycles. The van der Waals surface area contributed by atoms with E-state index in [2.05, 4.69) is 16.0 Å². The van der Waals surface area contributed by atoms with Gasteiger partial charge in [0.1, 0.15) is 10.8 Å². The lowest BCUT2D eigenvalue weighted by atomic mass is 10.1. The third-order valence-electron chi connectivity index (χ3n) is 3.63. The van der Waals surface area contributed by atoms with Crippen molar-refractivity contribution in [1.82, 2.24) is 5.32 Å². The molecule has 0 saturated heterocycles. The second-order valence-corrected chi connectivity index (χ2v) is 6.46. The van der Waals surface area contributed by atoms with Crippen molar-refractivity contribution in [1.29, 1.82) is 0 Å². The van der Waals surface area contributed by atoms with E-state index >= 15 is 0 Å². The first-order valence-corrected chi connectivity index (χ1v) is 9.01. The summed E-state index contributed by atoms with van der Waals surface area (Å²) in [7, 11) is 1.47. The molecule has 0 fully saturated rings. The van der Waals surface area contributed by atoms with Gasteiger partial charge in [-0.3, -0.25) is 9.59 Å². The van der Waals surface area contributed by atoms with Gasteiger partial charge in [0, 0.05) is 7.05 Å². The molecule has 0 spiro atoms.